The van der Waals surface area contributed by atoms with Crippen molar-refractivity contribution < 1.29 is 19.1 Å². The van der Waals surface area contributed by atoms with E-state index in [1.165, 1.54) is 4.90 Å². The van der Waals surface area contributed by atoms with Gasteiger partial charge in [-0.05, 0) is 57.2 Å². The Bertz CT molecular complexity index is 842. The summed E-state index contributed by atoms with van der Waals surface area (Å²) >= 11 is 0. The van der Waals surface area contributed by atoms with E-state index in [4.69, 9.17) is 4.74 Å². The fraction of sp³-hybridized carbons (Fsp3) is 0.571. The van der Waals surface area contributed by atoms with Crippen molar-refractivity contribution in [2.75, 3.05) is 6.61 Å². The van der Waals surface area contributed by atoms with E-state index in [2.05, 4.69) is 9.88 Å². The second-order valence-electron chi connectivity index (χ2n) is 8.00. The van der Waals surface area contributed by atoms with Gasteiger partial charge < -0.3 is 9.30 Å². The highest BCUT2D eigenvalue weighted by atomic mass is 16.5. The van der Waals surface area contributed by atoms with Crippen molar-refractivity contribution in [3.8, 4) is 0 Å². The van der Waals surface area contributed by atoms with Crippen LogP contribution in [0.3, 0.4) is 0 Å². The van der Waals surface area contributed by atoms with Gasteiger partial charge in [0.25, 0.3) is 11.8 Å². The summed E-state index contributed by atoms with van der Waals surface area (Å²) < 4.78 is 7.92. The number of carbonyl (C=O) groups is 3. The molecule has 2 aliphatic heterocycles. The SMILES string of the molecule is Cc1cc(/C=C2/C(=O)NC(=O)N(C3CCCC3)C2=O)c(C)n1C[C@@H]1CCCO1. The first kappa shape index (κ1) is 18.9. The average Bonchev–Trinajstić information content (AvgIpc) is 3.39. The van der Waals surface area contributed by atoms with Crippen molar-refractivity contribution in [3.63, 3.8) is 0 Å². The van der Waals surface area contributed by atoms with Gasteiger partial charge >= 0.3 is 6.03 Å². The summed E-state index contributed by atoms with van der Waals surface area (Å²) in [6.07, 6.45) is 7.57. The highest BCUT2D eigenvalue weighted by Gasteiger charge is 2.40. The molecule has 1 N–H and O–H groups in total. The highest BCUT2D eigenvalue weighted by Crippen LogP contribution is 2.28. The number of nitrogens with zero attached hydrogens (tertiary/aromatic N) is 2. The Hall–Kier alpha value is -2.41. The minimum Gasteiger partial charge on any atom is -0.376 e. The van der Waals surface area contributed by atoms with Gasteiger partial charge in [0.1, 0.15) is 5.57 Å². The largest absolute Gasteiger partial charge is 0.376 e. The predicted molar refractivity (Wildman–Crippen MR) is 103 cm³/mol. The maximum Gasteiger partial charge on any atom is 0.331 e. The van der Waals surface area contributed by atoms with Crippen LogP contribution < -0.4 is 5.32 Å². The number of carbonyl (C=O) groups excluding carboxylic acids is 3. The molecule has 1 aromatic rings. The van der Waals surface area contributed by atoms with Crippen molar-refractivity contribution >= 4 is 23.9 Å². The fourth-order valence-electron chi connectivity index (χ4n) is 4.57. The fourth-order valence-corrected chi connectivity index (χ4v) is 4.57. The molecule has 3 aliphatic rings. The smallest absolute Gasteiger partial charge is 0.331 e. The topological polar surface area (TPSA) is 80.6 Å². The Morgan fingerprint density at radius 3 is 2.57 bits per heavy atom. The number of amides is 4. The Balaban J connectivity index is 1.62. The van der Waals surface area contributed by atoms with E-state index in [-0.39, 0.29) is 17.7 Å². The van der Waals surface area contributed by atoms with Gasteiger partial charge in [0.2, 0.25) is 0 Å². The molecule has 150 valence electrons. The van der Waals surface area contributed by atoms with Gasteiger partial charge in [0.15, 0.2) is 0 Å². The van der Waals surface area contributed by atoms with Gasteiger partial charge in [-0.3, -0.25) is 19.8 Å². The Labute approximate surface area is 164 Å². The van der Waals surface area contributed by atoms with Crippen LogP contribution in [0.4, 0.5) is 4.79 Å². The lowest BCUT2D eigenvalue weighted by Crippen LogP contribution is -2.57. The number of hydrogen-bond acceptors (Lipinski definition) is 4. The summed E-state index contributed by atoms with van der Waals surface area (Å²) in [5, 5.41) is 2.34. The third kappa shape index (κ3) is 3.39. The quantitative estimate of drug-likeness (QED) is 0.638. The Morgan fingerprint density at radius 1 is 1.14 bits per heavy atom. The molecule has 4 amide bonds. The standard InChI is InChI=1S/C21H27N3O4/c1-13-10-15(14(2)23(13)12-17-8-5-9-28-17)11-18-19(25)22-21(27)24(20(18)26)16-6-3-4-7-16/h10-11,16-17H,3-9,12H2,1-2H3,(H,22,25,27)/b18-11-/t17-/m0/s1. The van der Waals surface area contributed by atoms with Crippen LogP contribution in [-0.4, -0.2) is 46.1 Å². The van der Waals surface area contributed by atoms with Gasteiger partial charge in [-0.25, -0.2) is 4.79 Å². The minimum absolute atomic E-state index is 0.0314. The number of aromatic nitrogens is 1. The first-order valence-electron chi connectivity index (χ1n) is 10.1. The van der Waals surface area contributed by atoms with E-state index < -0.39 is 17.8 Å². The molecule has 1 aliphatic carbocycles. The summed E-state index contributed by atoms with van der Waals surface area (Å²) in [6, 6.07) is 1.27. The first-order chi connectivity index (χ1) is 13.5. The van der Waals surface area contributed by atoms with E-state index >= 15 is 0 Å². The zero-order valence-corrected chi connectivity index (χ0v) is 16.5. The number of urea groups is 1. The molecule has 1 atom stereocenters. The van der Waals surface area contributed by atoms with Crippen molar-refractivity contribution in [2.24, 2.45) is 0 Å². The maximum absolute atomic E-state index is 13.0. The van der Waals surface area contributed by atoms with Crippen LogP contribution in [0, 0.1) is 13.8 Å². The van der Waals surface area contributed by atoms with Gasteiger partial charge in [-0.2, -0.15) is 0 Å². The van der Waals surface area contributed by atoms with Crippen LogP contribution in [0.2, 0.25) is 0 Å². The molecule has 7 nitrogen and oxygen atoms in total. The van der Waals surface area contributed by atoms with E-state index in [0.717, 1.165) is 68.6 Å². The number of rotatable bonds is 4. The van der Waals surface area contributed by atoms with Gasteiger partial charge in [0.05, 0.1) is 6.10 Å². The van der Waals surface area contributed by atoms with Crippen LogP contribution in [0.25, 0.3) is 6.08 Å². The second kappa shape index (κ2) is 7.54. The Morgan fingerprint density at radius 2 is 1.89 bits per heavy atom. The molecule has 3 heterocycles. The summed E-state index contributed by atoms with van der Waals surface area (Å²) in [6.45, 7) is 5.58. The number of imide groups is 2. The zero-order chi connectivity index (χ0) is 19.8. The molecule has 1 aromatic heterocycles. The number of aryl methyl sites for hydroxylation is 1. The molecule has 0 bridgehead atoms. The van der Waals surface area contributed by atoms with Crippen LogP contribution in [0.5, 0.6) is 0 Å². The number of hydrogen-bond donors (Lipinski definition) is 1. The van der Waals surface area contributed by atoms with E-state index in [0.29, 0.717) is 0 Å². The lowest BCUT2D eigenvalue weighted by Gasteiger charge is -2.31. The molecule has 1 saturated carbocycles. The summed E-state index contributed by atoms with van der Waals surface area (Å²) in [5.74, 6) is -1.10. The molecule has 0 aromatic carbocycles. The van der Waals surface area contributed by atoms with E-state index in [9.17, 15) is 14.4 Å². The molecule has 3 fully saturated rings. The third-order valence-corrected chi connectivity index (χ3v) is 6.15. The molecule has 0 unspecified atom stereocenters. The minimum atomic E-state index is -0.617. The molecule has 4 rings (SSSR count). The highest BCUT2D eigenvalue weighted by molar-refractivity contribution is 6.31. The van der Waals surface area contributed by atoms with E-state index in [1.807, 2.05) is 19.9 Å². The molecule has 2 saturated heterocycles. The lowest BCUT2D eigenvalue weighted by molar-refractivity contribution is -0.131. The molecule has 0 radical (unpaired) electrons. The normalized spacial score (nSPS) is 25.2. The average molecular weight is 385 g/mol. The van der Waals surface area contributed by atoms with Crippen LogP contribution in [-0.2, 0) is 20.9 Å². The first-order valence-corrected chi connectivity index (χ1v) is 10.1. The van der Waals surface area contributed by atoms with Crippen LogP contribution in [0.15, 0.2) is 11.6 Å². The zero-order valence-electron chi connectivity index (χ0n) is 16.5. The van der Waals surface area contributed by atoms with Crippen molar-refractivity contribution in [3.05, 3.63) is 28.6 Å². The molecule has 7 heteroatoms. The van der Waals surface area contributed by atoms with Crippen molar-refractivity contribution in [1.29, 1.82) is 0 Å². The van der Waals surface area contributed by atoms with Crippen LogP contribution >= 0.6 is 0 Å². The van der Waals surface area contributed by atoms with Gasteiger partial charge in [-0.1, -0.05) is 12.8 Å². The summed E-state index contributed by atoms with van der Waals surface area (Å²) in [7, 11) is 0. The molecule has 0 spiro atoms. The third-order valence-electron chi connectivity index (χ3n) is 6.15. The summed E-state index contributed by atoms with van der Waals surface area (Å²) in [5.41, 5.74) is 2.91. The van der Waals surface area contributed by atoms with Crippen molar-refractivity contribution in [2.45, 2.75) is 71.1 Å². The molecule has 28 heavy (non-hydrogen) atoms. The maximum atomic E-state index is 13.0. The van der Waals surface area contributed by atoms with Gasteiger partial charge in [0, 0.05) is 30.6 Å². The van der Waals surface area contributed by atoms with Crippen LogP contribution in [0.1, 0.15) is 55.5 Å². The Kier molecular flexibility index (Phi) is 5.10. The van der Waals surface area contributed by atoms with Crippen molar-refractivity contribution in [1.82, 2.24) is 14.8 Å². The number of ether oxygens (including phenoxy) is 1. The molecular formula is C21H27N3O4. The number of nitrogens with one attached hydrogen (secondary N) is 1. The predicted octanol–water partition coefficient (Wildman–Crippen LogP) is 2.69. The second-order valence-corrected chi connectivity index (χ2v) is 8.00. The molecular weight excluding hydrogens is 358 g/mol. The number of barbiturate groups is 1. The monoisotopic (exact) mass is 385 g/mol. The van der Waals surface area contributed by atoms with Gasteiger partial charge in [-0.15, -0.1) is 0 Å². The summed E-state index contributed by atoms with van der Waals surface area (Å²) in [4.78, 5) is 38.8. The van der Waals surface area contributed by atoms with E-state index in [1.54, 1.807) is 6.08 Å². The lowest BCUT2D eigenvalue weighted by atomic mass is 10.1.